The van der Waals surface area contributed by atoms with Gasteiger partial charge in [-0.3, -0.25) is 0 Å². The van der Waals surface area contributed by atoms with Crippen LogP contribution in [0.5, 0.6) is 0 Å². The fourth-order valence-electron chi connectivity index (χ4n) is 2.22. The van der Waals surface area contributed by atoms with Crippen LogP contribution < -0.4 is 5.14 Å². The van der Waals surface area contributed by atoms with Crippen molar-refractivity contribution >= 4 is 10.0 Å². The van der Waals surface area contributed by atoms with Crippen molar-refractivity contribution in [3.05, 3.63) is 0 Å². The Kier molecular flexibility index (Phi) is 5.89. The van der Waals surface area contributed by atoms with Gasteiger partial charge in [-0.25, -0.2) is 13.6 Å². The van der Waals surface area contributed by atoms with Gasteiger partial charge in [0.25, 0.3) is 0 Å². The quantitative estimate of drug-likeness (QED) is 0.795. The Balaban J connectivity index is 2.38. The number of hydrogen-bond acceptors (Lipinski definition) is 3. The van der Waals surface area contributed by atoms with Crippen molar-refractivity contribution in [2.75, 3.05) is 12.4 Å². The molecule has 0 aliphatic heterocycles. The van der Waals surface area contributed by atoms with Crippen LogP contribution in [0.15, 0.2) is 0 Å². The number of primary sulfonamides is 1. The van der Waals surface area contributed by atoms with E-state index in [0.717, 1.165) is 12.8 Å². The lowest BCUT2D eigenvalue weighted by atomic mass is 9.96. The average molecular weight is 263 g/mol. The molecule has 0 spiro atoms. The second kappa shape index (κ2) is 6.71. The van der Waals surface area contributed by atoms with E-state index in [9.17, 15) is 8.42 Å². The first-order chi connectivity index (χ1) is 7.88. The Morgan fingerprint density at radius 3 is 2.29 bits per heavy atom. The molecular weight excluding hydrogens is 238 g/mol. The van der Waals surface area contributed by atoms with Crippen LogP contribution in [0.4, 0.5) is 0 Å². The summed E-state index contributed by atoms with van der Waals surface area (Å²) < 4.78 is 28.1. The maximum absolute atomic E-state index is 11.1. The molecule has 1 atom stereocenters. The van der Waals surface area contributed by atoms with Crippen molar-refractivity contribution in [1.82, 2.24) is 0 Å². The van der Waals surface area contributed by atoms with E-state index in [4.69, 9.17) is 9.88 Å². The number of hydrogen-bond donors (Lipinski definition) is 1. The van der Waals surface area contributed by atoms with E-state index in [1.165, 1.54) is 19.3 Å². The lowest BCUT2D eigenvalue weighted by Crippen LogP contribution is -2.31. The molecule has 0 amide bonds. The summed E-state index contributed by atoms with van der Waals surface area (Å²) in [5, 5.41) is 5.10. The Morgan fingerprint density at radius 1 is 1.24 bits per heavy atom. The second-order valence-corrected chi connectivity index (χ2v) is 7.09. The minimum atomic E-state index is -3.40. The largest absolute Gasteiger partial charge is 0.378 e. The Hall–Kier alpha value is -0.130. The second-order valence-electron chi connectivity index (χ2n) is 5.43. The van der Waals surface area contributed by atoms with Crippen molar-refractivity contribution in [2.45, 2.75) is 52.1 Å². The fraction of sp³-hybridized carbons (Fsp3) is 1.00. The molecule has 1 fully saturated rings. The molecule has 5 heteroatoms. The molecule has 1 aliphatic carbocycles. The Labute approximate surface area is 105 Å². The first-order valence-electron chi connectivity index (χ1n) is 6.50. The number of rotatable bonds is 6. The molecule has 17 heavy (non-hydrogen) atoms. The smallest absolute Gasteiger partial charge is 0.209 e. The third-order valence-electron chi connectivity index (χ3n) is 3.49. The lowest BCUT2D eigenvalue weighted by Gasteiger charge is -2.26. The van der Waals surface area contributed by atoms with E-state index in [1.54, 1.807) is 0 Å². The molecule has 1 rings (SSSR count). The molecule has 0 aromatic carbocycles. The molecule has 1 saturated carbocycles. The third kappa shape index (κ3) is 6.38. The monoisotopic (exact) mass is 263 g/mol. The molecule has 0 heterocycles. The highest BCUT2D eigenvalue weighted by Crippen LogP contribution is 2.22. The zero-order valence-corrected chi connectivity index (χ0v) is 11.7. The lowest BCUT2D eigenvalue weighted by molar-refractivity contribution is 0.00374. The normalized spacial score (nSPS) is 20.7. The standard InChI is InChI=1S/C12H25NO3S/c1-10(2)11(9-17(13,14)15)8-16-12-6-4-3-5-7-12/h10-12H,3-9H2,1-2H3,(H2,13,14,15). The summed E-state index contributed by atoms with van der Waals surface area (Å²) >= 11 is 0. The summed E-state index contributed by atoms with van der Waals surface area (Å²) in [6.45, 7) is 4.54. The predicted octanol–water partition coefficient (Wildman–Crippen LogP) is 1.90. The van der Waals surface area contributed by atoms with Gasteiger partial charge in [-0.2, -0.15) is 0 Å². The number of ether oxygens (including phenoxy) is 1. The van der Waals surface area contributed by atoms with Crippen LogP contribution in [0, 0.1) is 11.8 Å². The van der Waals surface area contributed by atoms with Crippen molar-refractivity contribution in [3.8, 4) is 0 Å². The van der Waals surface area contributed by atoms with Crippen LogP contribution in [-0.4, -0.2) is 26.9 Å². The average Bonchev–Trinajstić information content (AvgIpc) is 2.24. The first-order valence-corrected chi connectivity index (χ1v) is 8.22. The Bertz CT molecular complexity index is 308. The zero-order chi connectivity index (χ0) is 12.9. The van der Waals surface area contributed by atoms with Crippen molar-refractivity contribution < 1.29 is 13.2 Å². The molecule has 1 aliphatic rings. The van der Waals surface area contributed by atoms with Crippen LogP contribution in [0.1, 0.15) is 46.0 Å². The highest BCUT2D eigenvalue weighted by atomic mass is 32.2. The van der Waals surface area contributed by atoms with Crippen LogP contribution in [0.3, 0.4) is 0 Å². The molecule has 2 N–H and O–H groups in total. The van der Waals surface area contributed by atoms with Crippen molar-refractivity contribution in [2.24, 2.45) is 17.0 Å². The maximum atomic E-state index is 11.1. The van der Waals surface area contributed by atoms with Crippen LogP contribution in [0.25, 0.3) is 0 Å². The summed E-state index contributed by atoms with van der Waals surface area (Å²) in [4.78, 5) is 0. The van der Waals surface area contributed by atoms with Crippen LogP contribution >= 0.6 is 0 Å². The van der Waals surface area contributed by atoms with E-state index in [0.29, 0.717) is 12.7 Å². The summed E-state index contributed by atoms with van der Waals surface area (Å²) in [6.07, 6.45) is 6.30. The zero-order valence-electron chi connectivity index (χ0n) is 10.9. The van der Waals surface area contributed by atoms with Gasteiger partial charge < -0.3 is 4.74 Å². The van der Waals surface area contributed by atoms with Gasteiger partial charge in [0.05, 0.1) is 18.5 Å². The van der Waals surface area contributed by atoms with E-state index in [-0.39, 0.29) is 17.6 Å². The van der Waals surface area contributed by atoms with Gasteiger partial charge in [-0.05, 0) is 24.7 Å². The molecule has 0 radical (unpaired) electrons. The maximum Gasteiger partial charge on any atom is 0.209 e. The molecule has 0 saturated heterocycles. The molecular formula is C12H25NO3S. The SMILES string of the molecule is CC(C)C(COC1CCCCC1)CS(N)(=O)=O. The summed E-state index contributed by atoms with van der Waals surface area (Å²) in [5.41, 5.74) is 0. The third-order valence-corrected chi connectivity index (χ3v) is 4.38. The van der Waals surface area contributed by atoms with E-state index >= 15 is 0 Å². The summed E-state index contributed by atoms with van der Waals surface area (Å²) in [7, 11) is -3.40. The molecule has 0 aromatic heterocycles. The molecule has 0 aromatic rings. The van der Waals surface area contributed by atoms with Crippen LogP contribution in [-0.2, 0) is 14.8 Å². The van der Waals surface area contributed by atoms with Gasteiger partial charge in [0, 0.05) is 0 Å². The molecule has 0 bridgehead atoms. The summed E-state index contributed by atoms with van der Waals surface area (Å²) in [5.74, 6) is 0.307. The minimum Gasteiger partial charge on any atom is -0.378 e. The predicted molar refractivity (Wildman–Crippen MR) is 69.1 cm³/mol. The van der Waals surface area contributed by atoms with Gasteiger partial charge in [0.1, 0.15) is 0 Å². The highest BCUT2D eigenvalue weighted by Gasteiger charge is 2.22. The topological polar surface area (TPSA) is 69.4 Å². The van der Waals surface area contributed by atoms with E-state index < -0.39 is 10.0 Å². The Morgan fingerprint density at radius 2 is 1.82 bits per heavy atom. The minimum absolute atomic E-state index is 0.00641. The first kappa shape index (κ1) is 14.9. The molecule has 1 unspecified atom stereocenters. The highest BCUT2D eigenvalue weighted by molar-refractivity contribution is 7.89. The fourth-order valence-corrected chi connectivity index (χ4v) is 3.30. The van der Waals surface area contributed by atoms with E-state index in [1.807, 2.05) is 13.8 Å². The van der Waals surface area contributed by atoms with Gasteiger partial charge in [0.2, 0.25) is 10.0 Å². The van der Waals surface area contributed by atoms with Gasteiger partial charge in [-0.1, -0.05) is 33.1 Å². The van der Waals surface area contributed by atoms with Crippen molar-refractivity contribution in [3.63, 3.8) is 0 Å². The van der Waals surface area contributed by atoms with Gasteiger partial charge in [-0.15, -0.1) is 0 Å². The van der Waals surface area contributed by atoms with Gasteiger partial charge in [0.15, 0.2) is 0 Å². The number of sulfonamides is 1. The number of nitrogens with two attached hydrogens (primary N) is 1. The van der Waals surface area contributed by atoms with E-state index in [2.05, 4.69) is 0 Å². The summed E-state index contributed by atoms with van der Waals surface area (Å²) in [6, 6.07) is 0. The molecule has 4 nitrogen and oxygen atoms in total. The molecule has 102 valence electrons. The van der Waals surface area contributed by atoms with Crippen molar-refractivity contribution in [1.29, 1.82) is 0 Å². The van der Waals surface area contributed by atoms with Crippen LogP contribution in [0.2, 0.25) is 0 Å². The van der Waals surface area contributed by atoms with Gasteiger partial charge >= 0.3 is 0 Å².